The molecule has 1 atom stereocenters. The van der Waals surface area contributed by atoms with Crippen molar-refractivity contribution in [1.82, 2.24) is 5.32 Å². The third kappa shape index (κ3) is 4.10. The maximum Gasteiger partial charge on any atom is 0.0721 e. The fourth-order valence-electron chi connectivity index (χ4n) is 2.45. The number of anilines is 1. The van der Waals surface area contributed by atoms with Gasteiger partial charge in [0, 0.05) is 37.0 Å². The van der Waals surface area contributed by atoms with Crippen molar-refractivity contribution in [2.75, 3.05) is 31.1 Å². The van der Waals surface area contributed by atoms with Gasteiger partial charge >= 0.3 is 0 Å². The van der Waals surface area contributed by atoms with Crippen LogP contribution in [0.2, 0.25) is 5.02 Å². The first-order valence-corrected chi connectivity index (χ1v) is 7.44. The number of nitrogens with one attached hydrogen (secondary N) is 1. The monoisotopic (exact) mass is 282 g/mol. The summed E-state index contributed by atoms with van der Waals surface area (Å²) < 4.78 is 5.72. The van der Waals surface area contributed by atoms with Crippen LogP contribution in [0.3, 0.4) is 0 Å². The van der Waals surface area contributed by atoms with Gasteiger partial charge in [-0.15, -0.1) is 0 Å². The Morgan fingerprint density at radius 3 is 3.11 bits per heavy atom. The molecular weight excluding hydrogens is 260 g/mol. The van der Waals surface area contributed by atoms with Gasteiger partial charge in [0.05, 0.1) is 6.10 Å². The van der Waals surface area contributed by atoms with E-state index in [2.05, 4.69) is 36.2 Å². The van der Waals surface area contributed by atoms with Crippen LogP contribution in [0.15, 0.2) is 18.2 Å². The van der Waals surface area contributed by atoms with Crippen molar-refractivity contribution >= 4 is 17.3 Å². The van der Waals surface area contributed by atoms with Crippen molar-refractivity contribution in [2.24, 2.45) is 0 Å². The highest BCUT2D eigenvalue weighted by molar-refractivity contribution is 6.30. The van der Waals surface area contributed by atoms with E-state index in [9.17, 15) is 0 Å². The molecule has 1 aliphatic heterocycles. The van der Waals surface area contributed by atoms with Crippen LogP contribution in [-0.2, 0) is 11.3 Å². The lowest BCUT2D eigenvalue weighted by Gasteiger charge is -2.27. The third-order valence-corrected chi connectivity index (χ3v) is 3.64. The van der Waals surface area contributed by atoms with E-state index in [0.717, 1.165) is 44.2 Å². The average Bonchev–Trinajstić information content (AvgIpc) is 2.62. The summed E-state index contributed by atoms with van der Waals surface area (Å²) in [4.78, 5) is 2.40. The molecule has 1 heterocycles. The van der Waals surface area contributed by atoms with Crippen LogP contribution < -0.4 is 10.2 Å². The first-order chi connectivity index (χ1) is 9.20. The summed E-state index contributed by atoms with van der Waals surface area (Å²) in [5.41, 5.74) is 2.55. The minimum atomic E-state index is 0.272. The van der Waals surface area contributed by atoms with Crippen molar-refractivity contribution in [2.45, 2.75) is 32.9 Å². The maximum absolute atomic E-state index is 6.17. The van der Waals surface area contributed by atoms with Crippen molar-refractivity contribution in [3.05, 3.63) is 28.8 Å². The van der Waals surface area contributed by atoms with Crippen LogP contribution in [0.5, 0.6) is 0 Å². The van der Waals surface area contributed by atoms with Crippen LogP contribution in [-0.4, -0.2) is 32.3 Å². The number of hydrogen-bond acceptors (Lipinski definition) is 3. The van der Waals surface area contributed by atoms with E-state index in [1.807, 2.05) is 6.07 Å². The molecule has 1 aliphatic rings. The SMILES string of the molecule is CCNCc1ccc(Cl)cc1N1CCCOC(C)C1. The van der Waals surface area contributed by atoms with Crippen molar-refractivity contribution in [3.8, 4) is 0 Å². The molecular formula is C15H23ClN2O. The normalized spacial score (nSPS) is 20.4. The van der Waals surface area contributed by atoms with Crippen molar-refractivity contribution in [3.63, 3.8) is 0 Å². The predicted octanol–water partition coefficient (Wildman–Crippen LogP) is 3.06. The molecule has 106 valence electrons. The van der Waals surface area contributed by atoms with E-state index in [1.165, 1.54) is 11.3 Å². The number of rotatable bonds is 4. The molecule has 2 rings (SSSR count). The lowest BCUT2D eigenvalue weighted by Crippen LogP contribution is -2.31. The van der Waals surface area contributed by atoms with E-state index >= 15 is 0 Å². The zero-order valence-corrected chi connectivity index (χ0v) is 12.5. The largest absolute Gasteiger partial charge is 0.377 e. The Labute approximate surface area is 120 Å². The quantitative estimate of drug-likeness (QED) is 0.919. The molecule has 0 aromatic heterocycles. The van der Waals surface area contributed by atoms with Gasteiger partial charge in [0.15, 0.2) is 0 Å². The molecule has 0 bridgehead atoms. The van der Waals surface area contributed by atoms with Crippen molar-refractivity contribution < 1.29 is 4.74 Å². The van der Waals surface area contributed by atoms with Gasteiger partial charge < -0.3 is 15.0 Å². The van der Waals surface area contributed by atoms with E-state index < -0.39 is 0 Å². The molecule has 0 radical (unpaired) electrons. The average molecular weight is 283 g/mol. The Kier molecular flexibility index (Phi) is 5.49. The Morgan fingerprint density at radius 1 is 1.47 bits per heavy atom. The Bertz CT molecular complexity index is 411. The van der Waals surface area contributed by atoms with E-state index in [1.54, 1.807) is 0 Å². The van der Waals surface area contributed by atoms with Gasteiger partial charge in [-0.05, 0) is 37.6 Å². The number of halogens is 1. The first kappa shape index (κ1) is 14.6. The fourth-order valence-corrected chi connectivity index (χ4v) is 2.62. The Balaban J connectivity index is 2.22. The molecule has 0 aliphatic carbocycles. The lowest BCUT2D eigenvalue weighted by molar-refractivity contribution is 0.0821. The van der Waals surface area contributed by atoms with Gasteiger partial charge in [0.2, 0.25) is 0 Å². The molecule has 19 heavy (non-hydrogen) atoms. The molecule has 4 heteroatoms. The standard InChI is InChI=1S/C15H23ClN2O/c1-3-17-10-13-5-6-14(16)9-15(13)18-7-4-8-19-12(2)11-18/h5-6,9,12,17H,3-4,7-8,10-11H2,1-2H3. The first-order valence-electron chi connectivity index (χ1n) is 7.06. The highest BCUT2D eigenvalue weighted by atomic mass is 35.5. The minimum absolute atomic E-state index is 0.272. The van der Waals surface area contributed by atoms with Crippen LogP contribution in [0.1, 0.15) is 25.8 Å². The number of hydrogen-bond donors (Lipinski definition) is 1. The second kappa shape index (κ2) is 7.13. The second-order valence-corrected chi connectivity index (χ2v) is 5.47. The summed E-state index contributed by atoms with van der Waals surface area (Å²) in [7, 11) is 0. The Morgan fingerprint density at radius 2 is 2.32 bits per heavy atom. The maximum atomic E-state index is 6.17. The number of ether oxygens (including phenoxy) is 1. The summed E-state index contributed by atoms with van der Waals surface area (Å²) in [6, 6.07) is 6.17. The second-order valence-electron chi connectivity index (χ2n) is 5.03. The molecule has 1 unspecified atom stereocenters. The molecule has 0 spiro atoms. The summed E-state index contributed by atoms with van der Waals surface area (Å²) in [6.07, 6.45) is 1.34. The summed E-state index contributed by atoms with van der Waals surface area (Å²) in [6.45, 7) is 8.92. The van der Waals surface area contributed by atoms with Gasteiger partial charge in [0.25, 0.3) is 0 Å². The zero-order chi connectivity index (χ0) is 13.7. The van der Waals surface area contributed by atoms with Crippen LogP contribution in [0, 0.1) is 0 Å². The topological polar surface area (TPSA) is 24.5 Å². The van der Waals surface area contributed by atoms with Gasteiger partial charge in [-0.2, -0.15) is 0 Å². The molecule has 0 saturated carbocycles. The smallest absolute Gasteiger partial charge is 0.0721 e. The highest BCUT2D eigenvalue weighted by Crippen LogP contribution is 2.26. The molecule has 1 aromatic rings. The third-order valence-electron chi connectivity index (χ3n) is 3.41. The Hall–Kier alpha value is -0.770. The summed E-state index contributed by atoms with van der Waals surface area (Å²) >= 11 is 6.17. The van der Waals surface area contributed by atoms with Gasteiger partial charge in [0.1, 0.15) is 0 Å². The number of nitrogens with zero attached hydrogens (tertiary/aromatic N) is 1. The fraction of sp³-hybridized carbons (Fsp3) is 0.600. The van der Waals surface area contributed by atoms with Gasteiger partial charge in [-0.1, -0.05) is 24.6 Å². The molecule has 1 fully saturated rings. The lowest BCUT2D eigenvalue weighted by atomic mass is 10.1. The van der Waals surface area contributed by atoms with Gasteiger partial charge in [-0.25, -0.2) is 0 Å². The van der Waals surface area contributed by atoms with E-state index in [0.29, 0.717) is 0 Å². The molecule has 3 nitrogen and oxygen atoms in total. The summed E-state index contributed by atoms with van der Waals surface area (Å²) in [5, 5.41) is 4.19. The molecule has 1 N–H and O–H groups in total. The number of benzene rings is 1. The van der Waals surface area contributed by atoms with Crippen LogP contribution in [0.4, 0.5) is 5.69 Å². The zero-order valence-electron chi connectivity index (χ0n) is 11.8. The molecule has 1 aromatic carbocycles. The van der Waals surface area contributed by atoms with Crippen LogP contribution >= 0.6 is 11.6 Å². The molecule has 1 saturated heterocycles. The minimum Gasteiger partial charge on any atom is -0.377 e. The predicted molar refractivity (Wildman–Crippen MR) is 81.1 cm³/mol. The van der Waals surface area contributed by atoms with Crippen LogP contribution in [0.25, 0.3) is 0 Å². The van der Waals surface area contributed by atoms with E-state index in [-0.39, 0.29) is 6.10 Å². The van der Waals surface area contributed by atoms with Gasteiger partial charge in [-0.3, -0.25) is 0 Å². The van der Waals surface area contributed by atoms with Crippen molar-refractivity contribution in [1.29, 1.82) is 0 Å². The highest BCUT2D eigenvalue weighted by Gasteiger charge is 2.18. The summed E-state index contributed by atoms with van der Waals surface area (Å²) in [5.74, 6) is 0. The van der Waals surface area contributed by atoms with E-state index in [4.69, 9.17) is 16.3 Å². The molecule has 0 amide bonds.